The molecule has 1 aliphatic carbocycles. The van der Waals surface area contributed by atoms with Crippen molar-refractivity contribution < 1.29 is 4.79 Å². The van der Waals surface area contributed by atoms with Crippen molar-refractivity contribution in [3.05, 3.63) is 58.3 Å². The number of fused-ring (bicyclic) bond motifs is 4. The topological polar surface area (TPSA) is 53.7 Å². The summed E-state index contributed by atoms with van der Waals surface area (Å²) in [5.41, 5.74) is 6.45. The fourth-order valence-electron chi connectivity index (χ4n) is 5.66. The molecule has 164 valence electrons. The Morgan fingerprint density at radius 3 is 2.78 bits per heavy atom. The van der Waals surface area contributed by atoms with Gasteiger partial charge in [0, 0.05) is 55.2 Å². The molecule has 2 aliphatic heterocycles. The smallest absolute Gasteiger partial charge is 0.165 e. The second-order valence-corrected chi connectivity index (χ2v) is 9.54. The fourth-order valence-corrected chi connectivity index (χ4v) is 5.89. The molecule has 0 radical (unpaired) electrons. The second kappa shape index (κ2) is 7.42. The predicted molar refractivity (Wildman–Crippen MR) is 127 cm³/mol. The number of halogens is 1. The van der Waals surface area contributed by atoms with E-state index in [0.29, 0.717) is 34.9 Å². The molecule has 2 bridgehead atoms. The predicted octanol–water partition coefficient (Wildman–Crippen LogP) is 4.03. The van der Waals surface area contributed by atoms with E-state index in [9.17, 15) is 4.79 Å². The average molecular weight is 448 g/mol. The van der Waals surface area contributed by atoms with Crippen LogP contribution in [-0.2, 0) is 11.2 Å². The quantitative estimate of drug-likeness (QED) is 0.606. The third-order valence-corrected chi connectivity index (χ3v) is 7.47. The van der Waals surface area contributed by atoms with Crippen LogP contribution in [0.3, 0.4) is 0 Å². The molecule has 7 heteroatoms. The number of benzene rings is 1. The number of aromatic nitrogens is 3. The van der Waals surface area contributed by atoms with E-state index in [1.54, 1.807) is 6.20 Å². The second-order valence-electron chi connectivity index (χ2n) is 9.15. The van der Waals surface area contributed by atoms with Gasteiger partial charge in [-0.15, -0.1) is 0 Å². The van der Waals surface area contributed by atoms with Crippen molar-refractivity contribution in [2.75, 3.05) is 24.5 Å². The Morgan fingerprint density at radius 2 is 2.00 bits per heavy atom. The van der Waals surface area contributed by atoms with Crippen molar-refractivity contribution in [1.82, 2.24) is 19.3 Å². The van der Waals surface area contributed by atoms with Crippen LogP contribution in [0.15, 0.2) is 30.6 Å². The Morgan fingerprint density at radius 1 is 1.12 bits per heavy atom. The van der Waals surface area contributed by atoms with E-state index in [1.807, 2.05) is 23.6 Å². The van der Waals surface area contributed by atoms with E-state index in [2.05, 4.69) is 39.9 Å². The third-order valence-electron chi connectivity index (χ3n) is 7.29. The zero-order chi connectivity index (χ0) is 22.0. The van der Waals surface area contributed by atoms with Crippen LogP contribution in [0.25, 0.3) is 17.3 Å². The van der Waals surface area contributed by atoms with Gasteiger partial charge in [0.15, 0.2) is 11.4 Å². The molecule has 6 nitrogen and oxygen atoms in total. The normalized spacial score (nSPS) is 23.0. The highest BCUT2D eigenvalue weighted by molar-refractivity contribution is 6.29. The number of aryl methyl sites for hydroxylation is 2. The van der Waals surface area contributed by atoms with Crippen LogP contribution >= 0.6 is 11.6 Å². The monoisotopic (exact) mass is 447 g/mol. The number of Topliss-reactive ketones (excluding diaryl/α,β-unsaturated/α-hetero) is 1. The SMILES string of the molecule is CCN1C[C@@H]2C[C@H]1CN2c1ccc2c(c1)CCC(=O)C(c1cn3cc(Cl)nc(C)c3n1)=C2. The summed E-state index contributed by atoms with van der Waals surface area (Å²) in [6.07, 6.45) is 8.12. The summed E-state index contributed by atoms with van der Waals surface area (Å²) in [6.45, 7) is 7.54. The van der Waals surface area contributed by atoms with Crippen molar-refractivity contribution in [2.45, 2.75) is 45.2 Å². The van der Waals surface area contributed by atoms with Gasteiger partial charge in [0.2, 0.25) is 0 Å². The number of likely N-dealkylation sites (tertiary alicyclic amines) is 1. The fraction of sp³-hybridized carbons (Fsp3) is 0.400. The van der Waals surface area contributed by atoms with Crippen LogP contribution in [0.2, 0.25) is 5.15 Å². The van der Waals surface area contributed by atoms with Crippen LogP contribution in [0.4, 0.5) is 5.69 Å². The van der Waals surface area contributed by atoms with Gasteiger partial charge in [0.1, 0.15) is 5.15 Å². The molecule has 4 heterocycles. The molecule has 0 saturated carbocycles. The van der Waals surface area contributed by atoms with E-state index < -0.39 is 0 Å². The van der Waals surface area contributed by atoms with Gasteiger partial charge in [-0.3, -0.25) is 9.69 Å². The van der Waals surface area contributed by atoms with E-state index >= 15 is 0 Å². The summed E-state index contributed by atoms with van der Waals surface area (Å²) < 4.78 is 1.85. The van der Waals surface area contributed by atoms with E-state index in [-0.39, 0.29) is 5.78 Å². The molecule has 0 amide bonds. The van der Waals surface area contributed by atoms with Gasteiger partial charge < -0.3 is 9.30 Å². The summed E-state index contributed by atoms with van der Waals surface area (Å²) in [5.74, 6) is 0.127. The highest BCUT2D eigenvalue weighted by Gasteiger charge is 2.42. The van der Waals surface area contributed by atoms with Crippen molar-refractivity contribution >= 4 is 40.4 Å². The summed E-state index contributed by atoms with van der Waals surface area (Å²) in [5, 5.41) is 0.413. The number of rotatable bonds is 3. The Bertz CT molecular complexity index is 1280. The molecule has 6 rings (SSSR count). The van der Waals surface area contributed by atoms with Gasteiger partial charge in [-0.2, -0.15) is 0 Å². The maximum absolute atomic E-state index is 13.1. The van der Waals surface area contributed by atoms with Gasteiger partial charge in [-0.1, -0.05) is 24.6 Å². The van der Waals surface area contributed by atoms with Crippen molar-refractivity contribution in [3.63, 3.8) is 0 Å². The molecule has 2 fully saturated rings. The Balaban J connectivity index is 1.35. The lowest BCUT2D eigenvalue weighted by Crippen LogP contribution is -2.46. The molecular weight excluding hydrogens is 422 g/mol. The van der Waals surface area contributed by atoms with Gasteiger partial charge in [0.05, 0.1) is 11.4 Å². The highest BCUT2D eigenvalue weighted by atomic mass is 35.5. The van der Waals surface area contributed by atoms with Gasteiger partial charge in [-0.05, 0) is 55.6 Å². The van der Waals surface area contributed by atoms with E-state index in [4.69, 9.17) is 16.6 Å². The lowest BCUT2D eigenvalue weighted by Gasteiger charge is -2.35. The lowest BCUT2D eigenvalue weighted by molar-refractivity contribution is -0.113. The van der Waals surface area contributed by atoms with Crippen LogP contribution in [0.5, 0.6) is 0 Å². The first kappa shape index (κ1) is 19.9. The van der Waals surface area contributed by atoms with Crippen molar-refractivity contribution in [1.29, 1.82) is 0 Å². The minimum atomic E-state index is 0.127. The molecule has 32 heavy (non-hydrogen) atoms. The van der Waals surface area contributed by atoms with Crippen LogP contribution < -0.4 is 4.90 Å². The summed E-state index contributed by atoms with van der Waals surface area (Å²) in [7, 11) is 0. The van der Waals surface area contributed by atoms with Gasteiger partial charge in [0.25, 0.3) is 0 Å². The Hall–Kier alpha value is -2.70. The standard InChI is InChI=1S/C25H26ClN5O/c1-3-29-11-20-10-19(29)12-31(20)18-6-4-17-9-21(23(32)7-5-16(17)8-18)22-13-30-14-24(26)27-15(2)25(30)28-22/h4,6,8-9,13-14,19-20H,3,5,7,10-12H2,1-2H3/t19-,20-/m0/s1. The molecule has 2 saturated heterocycles. The largest absolute Gasteiger partial charge is 0.366 e. The first-order chi connectivity index (χ1) is 15.5. The summed E-state index contributed by atoms with van der Waals surface area (Å²) in [6, 6.07) is 7.98. The molecule has 3 aromatic rings. The average Bonchev–Trinajstić information content (AvgIpc) is 3.47. The third kappa shape index (κ3) is 3.16. The minimum absolute atomic E-state index is 0.127. The molecule has 2 atom stereocenters. The number of allylic oxidation sites excluding steroid dienone is 1. The van der Waals surface area contributed by atoms with Crippen molar-refractivity contribution in [2.24, 2.45) is 0 Å². The maximum Gasteiger partial charge on any atom is 0.165 e. The molecule has 3 aliphatic rings. The van der Waals surface area contributed by atoms with Crippen LogP contribution in [0.1, 0.15) is 42.3 Å². The number of carbonyl (C=O) groups is 1. The molecule has 1 aromatic carbocycles. The molecule has 0 unspecified atom stereocenters. The maximum atomic E-state index is 13.1. The summed E-state index contributed by atoms with van der Waals surface area (Å²) in [4.78, 5) is 27.2. The number of hydrogen-bond donors (Lipinski definition) is 0. The number of likely N-dealkylation sites (N-methyl/N-ethyl adjacent to an activating group) is 1. The van der Waals surface area contributed by atoms with Crippen LogP contribution in [-0.4, -0.2) is 56.8 Å². The lowest BCUT2D eigenvalue weighted by atomic mass is 10.0. The number of carbonyl (C=O) groups excluding carboxylic acids is 1. The number of piperazine rings is 1. The van der Waals surface area contributed by atoms with E-state index in [1.165, 1.54) is 17.7 Å². The number of nitrogens with zero attached hydrogens (tertiary/aromatic N) is 5. The number of imidazole rings is 1. The molecule has 0 N–H and O–H groups in total. The first-order valence-corrected chi connectivity index (χ1v) is 11.8. The molecule has 0 spiro atoms. The zero-order valence-electron chi connectivity index (χ0n) is 18.4. The molecular formula is C25H26ClN5O. The number of hydrogen-bond acceptors (Lipinski definition) is 5. The van der Waals surface area contributed by atoms with Crippen molar-refractivity contribution in [3.8, 4) is 0 Å². The Kier molecular flexibility index (Phi) is 4.63. The van der Waals surface area contributed by atoms with Gasteiger partial charge in [-0.25, -0.2) is 9.97 Å². The zero-order valence-corrected chi connectivity index (χ0v) is 19.1. The summed E-state index contributed by atoms with van der Waals surface area (Å²) >= 11 is 6.10. The number of ketones is 1. The minimum Gasteiger partial charge on any atom is -0.366 e. The number of anilines is 1. The Labute approximate surface area is 192 Å². The first-order valence-electron chi connectivity index (χ1n) is 11.4. The van der Waals surface area contributed by atoms with E-state index in [0.717, 1.165) is 43.0 Å². The highest BCUT2D eigenvalue weighted by Crippen LogP contribution is 2.36. The van der Waals surface area contributed by atoms with Crippen LogP contribution in [0, 0.1) is 6.92 Å². The molecule has 2 aromatic heterocycles. The van der Waals surface area contributed by atoms with Gasteiger partial charge >= 0.3 is 0 Å².